The summed E-state index contributed by atoms with van der Waals surface area (Å²) in [5.41, 5.74) is 0. The van der Waals surface area contributed by atoms with Crippen LogP contribution in [0.3, 0.4) is 0 Å². The van der Waals surface area contributed by atoms with Crippen molar-refractivity contribution >= 4 is 14.5 Å². The first kappa shape index (κ1) is 8.21. The Labute approximate surface area is 78.2 Å². The fourth-order valence-electron chi connectivity index (χ4n) is 1.44. The van der Waals surface area contributed by atoms with Crippen LogP contribution in [0.5, 0.6) is 11.5 Å². The Morgan fingerprint density at radius 1 is 1.17 bits per heavy atom. The van der Waals surface area contributed by atoms with Gasteiger partial charge < -0.3 is 0 Å². The molecule has 12 heavy (non-hydrogen) atoms. The van der Waals surface area contributed by atoms with Gasteiger partial charge in [-0.3, -0.25) is 0 Å². The Morgan fingerprint density at radius 3 is 2.17 bits per heavy atom. The van der Waals surface area contributed by atoms with E-state index in [9.17, 15) is 0 Å². The molecule has 2 atom stereocenters. The van der Waals surface area contributed by atoms with Gasteiger partial charge in [-0.1, -0.05) is 0 Å². The molecular formula is C9H12O2Se. The van der Waals surface area contributed by atoms with Gasteiger partial charge in [0.25, 0.3) is 0 Å². The number of hydrogen-bond donors (Lipinski definition) is 0. The molecule has 0 amide bonds. The zero-order chi connectivity index (χ0) is 8.55. The maximum atomic E-state index is 5.69. The molecule has 2 heterocycles. The summed E-state index contributed by atoms with van der Waals surface area (Å²) in [6, 6.07) is 0. The molecule has 1 aliphatic rings. The van der Waals surface area contributed by atoms with Crippen LogP contribution in [0.2, 0.25) is 0 Å². The summed E-state index contributed by atoms with van der Waals surface area (Å²) in [7, 11) is 0. The Hall–Kier alpha value is -0.401. The molecule has 0 radical (unpaired) electrons. The summed E-state index contributed by atoms with van der Waals surface area (Å²) in [6.07, 6.45) is 1.54. The zero-order valence-corrected chi connectivity index (χ0v) is 8.95. The van der Waals surface area contributed by atoms with Gasteiger partial charge in [-0.25, -0.2) is 0 Å². The normalized spacial score (nSPS) is 28.2. The van der Waals surface area contributed by atoms with Crippen LogP contribution in [0.15, 0.2) is 9.88 Å². The van der Waals surface area contributed by atoms with Crippen molar-refractivity contribution in [3.05, 3.63) is 9.88 Å². The summed E-state index contributed by atoms with van der Waals surface area (Å²) < 4.78 is 11.4. The third kappa shape index (κ3) is 1.52. The monoisotopic (exact) mass is 232 g/mol. The van der Waals surface area contributed by atoms with E-state index >= 15 is 0 Å². The minimum absolute atomic E-state index is 0.283. The average Bonchev–Trinajstić information content (AvgIpc) is 2.31. The topological polar surface area (TPSA) is 18.5 Å². The molecule has 0 N–H and O–H groups in total. The van der Waals surface area contributed by atoms with Crippen LogP contribution in [-0.4, -0.2) is 26.7 Å². The van der Waals surface area contributed by atoms with E-state index in [-0.39, 0.29) is 12.2 Å². The summed E-state index contributed by atoms with van der Waals surface area (Å²) in [6.45, 7) is 4.18. The van der Waals surface area contributed by atoms with Gasteiger partial charge in [0.2, 0.25) is 0 Å². The molecule has 1 aromatic heterocycles. The van der Waals surface area contributed by atoms with E-state index in [4.69, 9.17) is 9.47 Å². The van der Waals surface area contributed by atoms with Crippen molar-refractivity contribution in [1.29, 1.82) is 0 Å². The molecule has 1 aliphatic heterocycles. The summed E-state index contributed by atoms with van der Waals surface area (Å²) >= 11 is 0.446. The molecule has 1 aromatic rings. The fraction of sp³-hybridized carbons (Fsp3) is 0.556. The Balaban J connectivity index is 2.27. The predicted octanol–water partition coefficient (Wildman–Crippen LogP) is 1.68. The van der Waals surface area contributed by atoms with Gasteiger partial charge in [-0.2, -0.15) is 0 Å². The minimum atomic E-state index is 0.283. The third-order valence-corrected chi connectivity index (χ3v) is 3.38. The fourth-order valence-corrected chi connectivity index (χ4v) is 2.82. The third-order valence-electron chi connectivity index (χ3n) is 1.91. The molecule has 2 nitrogen and oxygen atoms in total. The van der Waals surface area contributed by atoms with Crippen LogP contribution in [0.1, 0.15) is 20.3 Å². The Morgan fingerprint density at radius 2 is 1.67 bits per heavy atom. The van der Waals surface area contributed by atoms with Crippen LogP contribution in [0.4, 0.5) is 0 Å². The zero-order valence-electron chi connectivity index (χ0n) is 7.24. The molecule has 0 fully saturated rings. The number of hydrogen-bond acceptors (Lipinski definition) is 2. The van der Waals surface area contributed by atoms with Crippen molar-refractivity contribution in [3.8, 4) is 11.5 Å². The van der Waals surface area contributed by atoms with Crippen molar-refractivity contribution in [2.24, 2.45) is 0 Å². The molecule has 0 aliphatic carbocycles. The van der Waals surface area contributed by atoms with Crippen LogP contribution in [0, 0.1) is 0 Å². The van der Waals surface area contributed by atoms with E-state index in [1.807, 2.05) is 0 Å². The van der Waals surface area contributed by atoms with Crippen molar-refractivity contribution in [2.75, 3.05) is 0 Å². The number of fused-ring (bicyclic) bond motifs is 1. The van der Waals surface area contributed by atoms with Crippen LogP contribution < -0.4 is 9.47 Å². The maximum absolute atomic E-state index is 5.69. The molecule has 0 spiro atoms. The van der Waals surface area contributed by atoms with E-state index in [0.29, 0.717) is 14.5 Å². The standard InChI is InChI=1S/C9H12O2Se/c1-6-3-7(2)11-9-5-12-4-8(9)10-6/h4-7H,3H2,1-2H3. The second-order valence-electron chi connectivity index (χ2n) is 3.19. The first-order valence-electron chi connectivity index (χ1n) is 4.15. The van der Waals surface area contributed by atoms with Crippen molar-refractivity contribution in [3.63, 3.8) is 0 Å². The summed E-state index contributed by atoms with van der Waals surface area (Å²) in [5, 5.41) is 0. The molecule has 0 saturated heterocycles. The molecule has 66 valence electrons. The summed E-state index contributed by atoms with van der Waals surface area (Å²) in [5.74, 6) is 1.93. The van der Waals surface area contributed by atoms with Crippen molar-refractivity contribution in [2.45, 2.75) is 32.5 Å². The Bertz CT molecular complexity index is 245. The van der Waals surface area contributed by atoms with Crippen molar-refractivity contribution in [1.82, 2.24) is 0 Å². The molecule has 0 aromatic carbocycles. The van der Waals surface area contributed by atoms with Gasteiger partial charge in [0.1, 0.15) is 0 Å². The summed E-state index contributed by atoms with van der Waals surface area (Å²) in [4.78, 5) is 4.27. The van der Waals surface area contributed by atoms with E-state index in [0.717, 1.165) is 17.9 Å². The van der Waals surface area contributed by atoms with E-state index in [1.165, 1.54) is 0 Å². The number of rotatable bonds is 0. The van der Waals surface area contributed by atoms with Gasteiger partial charge >= 0.3 is 77.8 Å². The number of ether oxygens (including phenoxy) is 2. The predicted molar refractivity (Wildman–Crippen MR) is 48.2 cm³/mol. The molecule has 2 unspecified atom stereocenters. The van der Waals surface area contributed by atoms with Crippen LogP contribution in [0.25, 0.3) is 0 Å². The molecule has 0 bridgehead atoms. The molecule has 2 rings (SSSR count). The average molecular weight is 231 g/mol. The second kappa shape index (κ2) is 3.15. The molecule has 3 heteroatoms. The second-order valence-corrected chi connectivity index (χ2v) is 4.75. The van der Waals surface area contributed by atoms with Gasteiger partial charge in [0.05, 0.1) is 0 Å². The van der Waals surface area contributed by atoms with E-state index < -0.39 is 0 Å². The van der Waals surface area contributed by atoms with Gasteiger partial charge in [-0.15, -0.1) is 0 Å². The van der Waals surface area contributed by atoms with Crippen LogP contribution >= 0.6 is 0 Å². The quantitative estimate of drug-likeness (QED) is 0.632. The van der Waals surface area contributed by atoms with Crippen molar-refractivity contribution < 1.29 is 9.47 Å². The SMILES string of the molecule is CC1CC(C)Oc2c[se]cc2O1. The first-order chi connectivity index (χ1) is 5.75. The first-order valence-corrected chi connectivity index (χ1v) is 6.13. The van der Waals surface area contributed by atoms with Gasteiger partial charge in [0, 0.05) is 0 Å². The van der Waals surface area contributed by atoms with E-state index in [2.05, 4.69) is 23.7 Å². The van der Waals surface area contributed by atoms with Gasteiger partial charge in [0.15, 0.2) is 0 Å². The molecular weight excluding hydrogens is 219 g/mol. The Kier molecular flexibility index (Phi) is 2.16. The van der Waals surface area contributed by atoms with Crippen LogP contribution in [-0.2, 0) is 0 Å². The van der Waals surface area contributed by atoms with E-state index in [1.54, 1.807) is 0 Å². The van der Waals surface area contributed by atoms with Gasteiger partial charge in [-0.05, 0) is 0 Å². The molecule has 0 saturated carbocycles.